The summed E-state index contributed by atoms with van der Waals surface area (Å²) in [6, 6.07) is -0.121. The van der Waals surface area contributed by atoms with E-state index in [4.69, 9.17) is 4.74 Å². The van der Waals surface area contributed by atoms with Crippen molar-refractivity contribution in [2.45, 2.75) is 76.4 Å². The lowest BCUT2D eigenvalue weighted by molar-refractivity contribution is 0.0460. The zero-order valence-corrected chi connectivity index (χ0v) is 13.7. The topological polar surface area (TPSA) is 70.6 Å². The molecule has 0 aliphatic heterocycles. The molecule has 0 aromatic rings. The first-order valence-electron chi connectivity index (χ1n) is 9.05. The lowest BCUT2D eigenvalue weighted by Crippen LogP contribution is -2.41. The molecule has 0 bridgehead atoms. The second-order valence-electron chi connectivity index (χ2n) is 6.81. The van der Waals surface area contributed by atoms with E-state index in [9.17, 15) is 9.90 Å². The van der Waals surface area contributed by atoms with Crippen LogP contribution < -0.4 is 10.6 Å². The van der Waals surface area contributed by atoms with Crippen molar-refractivity contribution in [3.8, 4) is 0 Å². The predicted octanol–water partition coefficient (Wildman–Crippen LogP) is 2.58. The molecule has 0 aromatic carbocycles. The molecule has 0 saturated heterocycles. The van der Waals surface area contributed by atoms with Gasteiger partial charge in [0.1, 0.15) is 0 Å². The largest absolute Gasteiger partial charge is 0.393 e. The Labute approximate surface area is 134 Å². The Bertz CT molecular complexity index is 317. The number of carbonyl (C=O) groups excluding carboxylic acids is 1. The molecule has 2 unspecified atom stereocenters. The summed E-state index contributed by atoms with van der Waals surface area (Å²) in [6.45, 7) is 1.82. The Hall–Kier alpha value is -0.810. The monoisotopic (exact) mass is 312 g/mol. The summed E-state index contributed by atoms with van der Waals surface area (Å²) >= 11 is 0. The molecule has 0 heterocycles. The molecule has 2 aliphatic carbocycles. The molecule has 0 aromatic heterocycles. The lowest BCUT2D eigenvalue weighted by atomic mass is 9.87. The van der Waals surface area contributed by atoms with Gasteiger partial charge in [-0.15, -0.1) is 0 Å². The summed E-state index contributed by atoms with van der Waals surface area (Å²) in [5.74, 6) is 0.414. The maximum absolute atomic E-state index is 11.7. The third-order valence-electron chi connectivity index (χ3n) is 4.85. The van der Waals surface area contributed by atoms with Crippen LogP contribution >= 0.6 is 0 Å². The minimum Gasteiger partial charge on any atom is -0.393 e. The van der Waals surface area contributed by atoms with Gasteiger partial charge in [-0.3, -0.25) is 0 Å². The highest BCUT2D eigenvalue weighted by atomic mass is 16.5. The average Bonchev–Trinajstić information content (AvgIpc) is 2.78. The fraction of sp³-hybridized carbons (Fsp3) is 0.941. The maximum atomic E-state index is 11.7. The predicted molar refractivity (Wildman–Crippen MR) is 86.8 cm³/mol. The van der Waals surface area contributed by atoms with Crippen molar-refractivity contribution in [1.82, 2.24) is 10.6 Å². The Morgan fingerprint density at radius 3 is 2.50 bits per heavy atom. The second kappa shape index (κ2) is 10.1. The zero-order valence-electron chi connectivity index (χ0n) is 13.7. The van der Waals surface area contributed by atoms with E-state index in [0.717, 1.165) is 38.5 Å². The van der Waals surface area contributed by atoms with Crippen LogP contribution in [-0.4, -0.2) is 43.0 Å². The lowest BCUT2D eigenvalue weighted by Gasteiger charge is -2.25. The van der Waals surface area contributed by atoms with Gasteiger partial charge in [0.2, 0.25) is 0 Å². The minimum absolute atomic E-state index is 0.121. The number of carbonyl (C=O) groups is 1. The van der Waals surface area contributed by atoms with Crippen molar-refractivity contribution in [3.63, 3.8) is 0 Å². The molecular weight excluding hydrogens is 280 g/mol. The van der Waals surface area contributed by atoms with E-state index in [0.29, 0.717) is 31.7 Å². The average molecular weight is 312 g/mol. The van der Waals surface area contributed by atoms with Crippen molar-refractivity contribution in [3.05, 3.63) is 0 Å². The molecule has 2 fully saturated rings. The molecule has 22 heavy (non-hydrogen) atoms. The van der Waals surface area contributed by atoms with Gasteiger partial charge in [-0.1, -0.05) is 32.1 Å². The first-order chi connectivity index (χ1) is 10.7. The normalized spacial score (nSPS) is 27.1. The summed E-state index contributed by atoms with van der Waals surface area (Å²) in [4.78, 5) is 11.7. The smallest absolute Gasteiger partial charge is 0.314 e. The molecule has 0 radical (unpaired) electrons. The van der Waals surface area contributed by atoms with Crippen molar-refractivity contribution in [2.24, 2.45) is 5.92 Å². The van der Waals surface area contributed by atoms with E-state index in [2.05, 4.69) is 10.6 Å². The third-order valence-corrected chi connectivity index (χ3v) is 4.85. The standard InChI is InChI=1S/C17H32N2O3/c20-15-7-5-6-14(12-15)13-19-17(21)18-10-11-22-16-8-3-1-2-4-9-16/h14-16,20H,1-13H2,(H2,18,19,21). The van der Waals surface area contributed by atoms with E-state index in [1.54, 1.807) is 0 Å². The Kier molecular flexibility index (Phi) is 8.02. The molecule has 2 rings (SSSR count). The highest BCUT2D eigenvalue weighted by molar-refractivity contribution is 5.73. The molecule has 3 N–H and O–H groups in total. The summed E-state index contributed by atoms with van der Waals surface area (Å²) in [7, 11) is 0. The van der Waals surface area contributed by atoms with Crippen LogP contribution in [0.4, 0.5) is 4.79 Å². The van der Waals surface area contributed by atoms with Crippen LogP contribution in [0.1, 0.15) is 64.2 Å². The SMILES string of the molecule is O=C(NCCOC1CCCCCC1)NCC1CCCC(O)C1. The number of urea groups is 1. The molecular formula is C17H32N2O3. The quantitative estimate of drug-likeness (QED) is 0.521. The van der Waals surface area contributed by atoms with Crippen molar-refractivity contribution < 1.29 is 14.6 Å². The first kappa shape index (κ1) is 17.5. The summed E-state index contributed by atoms with van der Waals surface area (Å²) in [5.41, 5.74) is 0. The van der Waals surface area contributed by atoms with E-state index < -0.39 is 0 Å². The van der Waals surface area contributed by atoms with Crippen molar-refractivity contribution in [1.29, 1.82) is 0 Å². The van der Waals surface area contributed by atoms with Gasteiger partial charge in [0, 0.05) is 13.1 Å². The molecule has 2 saturated carbocycles. The van der Waals surface area contributed by atoms with Crippen LogP contribution in [0.25, 0.3) is 0 Å². The zero-order chi connectivity index (χ0) is 15.6. The second-order valence-corrected chi connectivity index (χ2v) is 6.81. The highest BCUT2D eigenvalue weighted by Crippen LogP contribution is 2.23. The molecule has 5 heteroatoms. The molecule has 5 nitrogen and oxygen atoms in total. The van der Waals surface area contributed by atoms with Gasteiger partial charge >= 0.3 is 6.03 Å². The summed E-state index contributed by atoms with van der Waals surface area (Å²) in [6.07, 6.45) is 11.6. The van der Waals surface area contributed by atoms with Gasteiger partial charge in [0.15, 0.2) is 0 Å². The van der Waals surface area contributed by atoms with E-state index in [1.807, 2.05) is 0 Å². The molecule has 2 atom stereocenters. The van der Waals surface area contributed by atoms with Crippen LogP contribution in [-0.2, 0) is 4.74 Å². The first-order valence-corrected chi connectivity index (χ1v) is 9.05. The maximum Gasteiger partial charge on any atom is 0.314 e. The number of rotatable bonds is 6. The number of hydrogen-bond acceptors (Lipinski definition) is 3. The van der Waals surface area contributed by atoms with E-state index in [1.165, 1.54) is 25.7 Å². The highest BCUT2D eigenvalue weighted by Gasteiger charge is 2.20. The van der Waals surface area contributed by atoms with Gasteiger partial charge in [-0.2, -0.15) is 0 Å². The minimum atomic E-state index is -0.184. The Balaban J connectivity index is 1.48. The van der Waals surface area contributed by atoms with E-state index >= 15 is 0 Å². The van der Waals surface area contributed by atoms with Crippen molar-refractivity contribution >= 4 is 6.03 Å². The van der Waals surface area contributed by atoms with Gasteiger partial charge < -0.3 is 20.5 Å². The van der Waals surface area contributed by atoms with Gasteiger partial charge in [-0.05, 0) is 38.0 Å². The number of nitrogens with one attached hydrogen (secondary N) is 2. The van der Waals surface area contributed by atoms with Crippen LogP contribution in [0.15, 0.2) is 0 Å². The van der Waals surface area contributed by atoms with Crippen molar-refractivity contribution in [2.75, 3.05) is 19.7 Å². The van der Waals surface area contributed by atoms with Crippen LogP contribution in [0, 0.1) is 5.92 Å². The van der Waals surface area contributed by atoms with Crippen LogP contribution in [0.5, 0.6) is 0 Å². The number of hydrogen-bond donors (Lipinski definition) is 3. The van der Waals surface area contributed by atoms with Crippen LogP contribution in [0.3, 0.4) is 0 Å². The molecule has 2 amide bonds. The molecule has 2 aliphatic rings. The Morgan fingerprint density at radius 2 is 1.77 bits per heavy atom. The van der Waals surface area contributed by atoms with E-state index in [-0.39, 0.29) is 12.1 Å². The molecule has 0 spiro atoms. The summed E-state index contributed by atoms with van der Waals surface area (Å²) < 4.78 is 5.85. The number of amides is 2. The van der Waals surface area contributed by atoms with Gasteiger partial charge in [-0.25, -0.2) is 4.79 Å². The number of ether oxygens (including phenoxy) is 1. The van der Waals surface area contributed by atoms with Gasteiger partial charge in [0.25, 0.3) is 0 Å². The van der Waals surface area contributed by atoms with Gasteiger partial charge in [0.05, 0.1) is 18.8 Å². The third kappa shape index (κ3) is 6.97. The fourth-order valence-electron chi connectivity index (χ4n) is 3.55. The number of aliphatic hydroxyl groups is 1. The van der Waals surface area contributed by atoms with Crippen LogP contribution in [0.2, 0.25) is 0 Å². The number of aliphatic hydroxyl groups excluding tert-OH is 1. The molecule has 128 valence electrons. The Morgan fingerprint density at radius 1 is 1.00 bits per heavy atom. The summed E-state index contributed by atoms with van der Waals surface area (Å²) in [5, 5.41) is 15.4. The fourth-order valence-corrected chi connectivity index (χ4v) is 3.55.